The fourth-order valence-electron chi connectivity index (χ4n) is 2.31. The quantitative estimate of drug-likeness (QED) is 0.857. The summed E-state index contributed by atoms with van der Waals surface area (Å²) < 4.78 is 5.66. The Morgan fingerprint density at radius 2 is 2.16 bits per heavy atom. The van der Waals surface area contributed by atoms with Gasteiger partial charge in [0, 0.05) is 13.1 Å². The summed E-state index contributed by atoms with van der Waals surface area (Å²) in [6.07, 6.45) is 4.16. The van der Waals surface area contributed by atoms with Crippen LogP contribution in [-0.2, 0) is 0 Å². The lowest BCUT2D eigenvalue weighted by atomic mass is 9.85. The molecule has 1 saturated carbocycles. The molecule has 0 saturated heterocycles. The fraction of sp³-hybridized carbons (Fsp3) is 0.667. The molecule has 4 heteroatoms. The molecule has 0 aliphatic heterocycles. The Kier molecular flexibility index (Phi) is 4.51. The van der Waals surface area contributed by atoms with E-state index >= 15 is 0 Å². The van der Waals surface area contributed by atoms with Gasteiger partial charge in [-0.2, -0.15) is 4.98 Å². The molecule has 0 atom stereocenters. The largest absolute Gasteiger partial charge is 0.473 e. The molecule has 2 N–H and O–H groups in total. The summed E-state index contributed by atoms with van der Waals surface area (Å²) in [5.41, 5.74) is 6.52. The molecule has 4 nitrogen and oxygen atoms in total. The van der Waals surface area contributed by atoms with E-state index in [0.29, 0.717) is 11.6 Å². The van der Waals surface area contributed by atoms with Crippen molar-refractivity contribution in [3.63, 3.8) is 0 Å². The Morgan fingerprint density at radius 1 is 1.42 bits per heavy atom. The maximum atomic E-state index is 5.91. The van der Waals surface area contributed by atoms with Gasteiger partial charge in [0.1, 0.15) is 5.82 Å². The molecule has 19 heavy (non-hydrogen) atoms. The van der Waals surface area contributed by atoms with Crippen LogP contribution in [0.25, 0.3) is 0 Å². The highest BCUT2D eigenvalue weighted by Gasteiger charge is 2.21. The zero-order valence-electron chi connectivity index (χ0n) is 12.2. The van der Waals surface area contributed by atoms with Crippen LogP contribution >= 0.6 is 0 Å². The summed E-state index contributed by atoms with van der Waals surface area (Å²) in [6, 6.07) is 3.88. The first-order chi connectivity index (χ1) is 9.10. The van der Waals surface area contributed by atoms with E-state index in [1.54, 1.807) is 0 Å². The molecular formula is C15H25N3O. The van der Waals surface area contributed by atoms with Crippen molar-refractivity contribution in [3.05, 3.63) is 12.1 Å². The Hall–Kier alpha value is -1.45. The van der Waals surface area contributed by atoms with Crippen molar-refractivity contribution in [1.82, 2.24) is 4.98 Å². The van der Waals surface area contributed by atoms with Gasteiger partial charge in [0.05, 0.1) is 11.8 Å². The number of nitrogen functional groups attached to an aromatic ring is 1. The van der Waals surface area contributed by atoms with Crippen LogP contribution in [0.15, 0.2) is 12.1 Å². The van der Waals surface area contributed by atoms with Gasteiger partial charge in [0.2, 0.25) is 5.88 Å². The van der Waals surface area contributed by atoms with Crippen molar-refractivity contribution < 1.29 is 4.74 Å². The third-order valence-corrected chi connectivity index (χ3v) is 3.63. The van der Waals surface area contributed by atoms with Crippen molar-refractivity contribution in [1.29, 1.82) is 0 Å². The average molecular weight is 263 g/mol. The second-order valence-electron chi connectivity index (χ2n) is 5.57. The first kappa shape index (κ1) is 14.0. The van der Waals surface area contributed by atoms with Gasteiger partial charge >= 0.3 is 0 Å². The van der Waals surface area contributed by atoms with E-state index in [-0.39, 0.29) is 6.10 Å². The number of nitrogens with zero attached hydrogens (tertiary/aromatic N) is 2. The van der Waals surface area contributed by atoms with Crippen LogP contribution in [0.3, 0.4) is 0 Å². The highest BCUT2D eigenvalue weighted by molar-refractivity contribution is 5.54. The van der Waals surface area contributed by atoms with E-state index in [4.69, 9.17) is 10.5 Å². The molecule has 1 aromatic rings. The molecule has 1 aromatic heterocycles. The summed E-state index contributed by atoms with van der Waals surface area (Å²) >= 11 is 0. The number of anilines is 2. The predicted molar refractivity (Wildman–Crippen MR) is 79.6 cm³/mol. The van der Waals surface area contributed by atoms with Crippen molar-refractivity contribution in [2.75, 3.05) is 23.7 Å². The number of rotatable bonds is 6. The molecule has 1 aliphatic carbocycles. The minimum absolute atomic E-state index is 0.0896. The van der Waals surface area contributed by atoms with E-state index in [9.17, 15) is 0 Å². The van der Waals surface area contributed by atoms with Gasteiger partial charge in [-0.25, -0.2) is 0 Å². The molecule has 106 valence electrons. The Bertz CT molecular complexity index is 416. The summed E-state index contributed by atoms with van der Waals surface area (Å²) in [5.74, 6) is 2.35. The van der Waals surface area contributed by atoms with E-state index in [1.807, 2.05) is 26.0 Å². The monoisotopic (exact) mass is 263 g/mol. The minimum atomic E-state index is 0.0896. The third-order valence-electron chi connectivity index (χ3n) is 3.63. The molecule has 1 heterocycles. The van der Waals surface area contributed by atoms with E-state index in [0.717, 1.165) is 24.8 Å². The molecule has 1 fully saturated rings. The van der Waals surface area contributed by atoms with Crippen LogP contribution in [0.2, 0.25) is 0 Å². The minimum Gasteiger partial charge on any atom is -0.473 e. The van der Waals surface area contributed by atoms with Crippen LogP contribution in [0.5, 0.6) is 5.88 Å². The van der Waals surface area contributed by atoms with Gasteiger partial charge in [-0.05, 0) is 51.7 Å². The predicted octanol–water partition coefficient (Wildman–Crippen LogP) is 3.08. The van der Waals surface area contributed by atoms with Crippen LogP contribution in [0, 0.1) is 5.92 Å². The maximum Gasteiger partial charge on any atom is 0.239 e. The van der Waals surface area contributed by atoms with E-state index in [1.165, 1.54) is 19.3 Å². The van der Waals surface area contributed by atoms with E-state index < -0.39 is 0 Å². The van der Waals surface area contributed by atoms with Gasteiger partial charge in [0.25, 0.3) is 0 Å². The summed E-state index contributed by atoms with van der Waals surface area (Å²) in [5, 5.41) is 0. The fourth-order valence-corrected chi connectivity index (χ4v) is 2.31. The SMILES string of the molecule is CCN(CC1CCC1)c1ccc(N)c(OC(C)C)n1. The lowest BCUT2D eigenvalue weighted by molar-refractivity contribution is 0.234. The van der Waals surface area contributed by atoms with Gasteiger partial charge in [-0.3, -0.25) is 0 Å². The number of nitrogens with two attached hydrogens (primary N) is 1. The standard InChI is InChI=1S/C15H25N3O/c1-4-18(10-12-6-5-7-12)14-9-8-13(16)15(17-14)19-11(2)3/h8-9,11-12H,4-7,10,16H2,1-3H3. The zero-order chi connectivity index (χ0) is 13.8. The molecule has 0 bridgehead atoms. The molecule has 0 radical (unpaired) electrons. The highest BCUT2D eigenvalue weighted by atomic mass is 16.5. The van der Waals surface area contributed by atoms with Crippen LogP contribution < -0.4 is 15.4 Å². The average Bonchev–Trinajstić information content (AvgIpc) is 2.31. The molecule has 0 aromatic carbocycles. The van der Waals surface area contributed by atoms with E-state index in [2.05, 4.69) is 16.8 Å². The first-order valence-electron chi connectivity index (χ1n) is 7.28. The Labute approximate surface area is 116 Å². The topological polar surface area (TPSA) is 51.4 Å². The molecule has 1 aliphatic rings. The second kappa shape index (κ2) is 6.13. The summed E-state index contributed by atoms with van der Waals surface area (Å²) in [7, 11) is 0. The van der Waals surface area contributed by atoms with Crippen LogP contribution in [0.1, 0.15) is 40.0 Å². The van der Waals surface area contributed by atoms with Gasteiger partial charge in [0.15, 0.2) is 0 Å². The molecule has 0 amide bonds. The lowest BCUT2D eigenvalue weighted by Gasteiger charge is -2.32. The summed E-state index contributed by atoms with van der Waals surface area (Å²) in [4.78, 5) is 6.89. The highest BCUT2D eigenvalue weighted by Crippen LogP contribution is 2.30. The van der Waals surface area contributed by atoms with Crippen LogP contribution in [-0.4, -0.2) is 24.2 Å². The lowest BCUT2D eigenvalue weighted by Crippen LogP contribution is -2.33. The molecule has 0 spiro atoms. The van der Waals surface area contributed by atoms with Crippen molar-refractivity contribution in [3.8, 4) is 5.88 Å². The molecule has 2 rings (SSSR count). The molecular weight excluding hydrogens is 238 g/mol. The number of ether oxygens (including phenoxy) is 1. The Morgan fingerprint density at radius 3 is 2.68 bits per heavy atom. The number of hydrogen-bond acceptors (Lipinski definition) is 4. The number of hydrogen-bond donors (Lipinski definition) is 1. The maximum absolute atomic E-state index is 5.91. The zero-order valence-corrected chi connectivity index (χ0v) is 12.2. The smallest absolute Gasteiger partial charge is 0.239 e. The number of aromatic nitrogens is 1. The number of pyridine rings is 1. The van der Waals surface area contributed by atoms with Gasteiger partial charge in [-0.1, -0.05) is 6.42 Å². The van der Waals surface area contributed by atoms with Crippen molar-refractivity contribution >= 4 is 11.5 Å². The van der Waals surface area contributed by atoms with Crippen molar-refractivity contribution in [2.45, 2.75) is 46.1 Å². The van der Waals surface area contributed by atoms with Gasteiger partial charge < -0.3 is 15.4 Å². The van der Waals surface area contributed by atoms with Gasteiger partial charge in [-0.15, -0.1) is 0 Å². The third kappa shape index (κ3) is 3.52. The van der Waals surface area contributed by atoms with Crippen LogP contribution in [0.4, 0.5) is 11.5 Å². The first-order valence-corrected chi connectivity index (χ1v) is 7.28. The second-order valence-corrected chi connectivity index (χ2v) is 5.57. The molecule has 0 unspecified atom stereocenters. The summed E-state index contributed by atoms with van der Waals surface area (Å²) in [6.45, 7) is 8.20. The van der Waals surface area contributed by atoms with Crippen molar-refractivity contribution in [2.24, 2.45) is 5.92 Å². The normalized spacial score (nSPS) is 15.4. The Balaban J connectivity index is 2.12.